The standard InChI is InChI=1S/C25H30ClN5O/c1-25(2,18-6-4-3-5-7-18)24(32)31-14-12-30(13-15-31)23-17-21(28-11-10-27)20-9-8-19(26)16-22(20)29-23/h3-9,16-17H,10-15,27H2,1-2H3,(H,28,29). The lowest BCUT2D eigenvalue weighted by molar-refractivity contribution is -0.136. The van der Waals surface area contributed by atoms with Crippen LogP contribution in [0.1, 0.15) is 19.4 Å². The monoisotopic (exact) mass is 451 g/mol. The minimum Gasteiger partial charge on any atom is -0.383 e. The molecule has 1 aliphatic rings. The van der Waals surface area contributed by atoms with Crippen LogP contribution < -0.4 is 16.0 Å². The van der Waals surface area contributed by atoms with Crippen LogP contribution in [0.5, 0.6) is 0 Å². The molecule has 0 bridgehead atoms. The van der Waals surface area contributed by atoms with Gasteiger partial charge in [0.25, 0.3) is 0 Å². The number of hydrogen-bond donors (Lipinski definition) is 2. The van der Waals surface area contributed by atoms with Gasteiger partial charge in [-0.1, -0.05) is 41.9 Å². The molecular formula is C25H30ClN5O. The number of amides is 1. The largest absolute Gasteiger partial charge is 0.383 e. The van der Waals surface area contributed by atoms with Gasteiger partial charge in [-0.25, -0.2) is 4.98 Å². The van der Waals surface area contributed by atoms with Crippen molar-refractivity contribution in [3.63, 3.8) is 0 Å². The molecule has 0 radical (unpaired) electrons. The maximum atomic E-state index is 13.3. The molecule has 1 saturated heterocycles. The molecule has 1 aromatic heterocycles. The highest BCUT2D eigenvalue weighted by molar-refractivity contribution is 6.31. The van der Waals surface area contributed by atoms with Crippen LogP contribution in [0.3, 0.4) is 0 Å². The summed E-state index contributed by atoms with van der Waals surface area (Å²) < 4.78 is 0. The van der Waals surface area contributed by atoms with Crippen molar-refractivity contribution < 1.29 is 4.79 Å². The van der Waals surface area contributed by atoms with Gasteiger partial charge < -0.3 is 20.9 Å². The van der Waals surface area contributed by atoms with E-state index < -0.39 is 5.41 Å². The molecule has 7 heteroatoms. The number of halogens is 1. The lowest BCUT2D eigenvalue weighted by Gasteiger charge is -2.39. The summed E-state index contributed by atoms with van der Waals surface area (Å²) in [5, 5.41) is 5.08. The number of benzene rings is 2. The third kappa shape index (κ3) is 4.52. The van der Waals surface area contributed by atoms with Gasteiger partial charge >= 0.3 is 0 Å². The second-order valence-corrected chi connectivity index (χ2v) is 9.11. The smallest absolute Gasteiger partial charge is 0.232 e. The van der Waals surface area contributed by atoms with E-state index in [1.807, 2.05) is 67.3 Å². The van der Waals surface area contributed by atoms with Crippen molar-refractivity contribution in [3.05, 3.63) is 65.2 Å². The van der Waals surface area contributed by atoms with Crippen LogP contribution in [-0.4, -0.2) is 55.1 Å². The Balaban J connectivity index is 1.52. The summed E-state index contributed by atoms with van der Waals surface area (Å²) in [6.07, 6.45) is 0. The van der Waals surface area contributed by atoms with Crippen molar-refractivity contribution in [2.45, 2.75) is 19.3 Å². The second-order valence-electron chi connectivity index (χ2n) is 8.68. The number of pyridine rings is 1. The molecule has 3 aromatic rings. The lowest BCUT2D eigenvalue weighted by Crippen LogP contribution is -2.53. The van der Waals surface area contributed by atoms with Crippen LogP contribution in [0.15, 0.2) is 54.6 Å². The highest BCUT2D eigenvalue weighted by atomic mass is 35.5. The molecule has 32 heavy (non-hydrogen) atoms. The zero-order chi connectivity index (χ0) is 22.7. The van der Waals surface area contributed by atoms with Crippen molar-refractivity contribution in [3.8, 4) is 0 Å². The van der Waals surface area contributed by atoms with E-state index in [2.05, 4.69) is 16.3 Å². The number of fused-ring (bicyclic) bond motifs is 1. The van der Waals surface area contributed by atoms with E-state index in [1.54, 1.807) is 0 Å². The summed E-state index contributed by atoms with van der Waals surface area (Å²) in [5.74, 6) is 1.04. The van der Waals surface area contributed by atoms with E-state index >= 15 is 0 Å². The molecule has 0 spiro atoms. The number of hydrogen-bond acceptors (Lipinski definition) is 5. The Labute approximate surface area is 194 Å². The van der Waals surface area contributed by atoms with Crippen LogP contribution in [0, 0.1) is 0 Å². The number of nitrogens with zero attached hydrogens (tertiary/aromatic N) is 3. The molecule has 2 aromatic carbocycles. The van der Waals surface area contributed by atoms with Crippen molar-refractivity contribution in [2.24, 2.45) is 5.73 Å². The van der Waals surface area contributed by atoms with Crippen LogP contribution in [-0.2, 0) is 10.2 Å². The quantitative estimate of drug-likeness (QED) is 0.594. The van der Waals surface area contributed by atoms with E-state index in [1.165, 1.54) is 0 Å². The fourth-order valence-electron chi connectivity index (χ4n) is 4.21. The Hall–Kier alpha value is -2.83. The number of anilines is 2. The first-order valence-corrected chi connectivity index (χ1v) is 11.4. The van der Waals surface area contributed by atoms with Gasteiger partial charge in [0.1, 0.15) is 5.82 Å². The van der Waals surface area contributed by atoms with Crippen LogP contribution in [0.25, 0.3) is 10.9 Å². The SMILES string of the molecule is CC(C)(C(=O)N1CCN(c2cc(NCCN)c3ccc(Cl)cc3n2)CC1)c1ccccc1. The minimum atomic E-state index is -0.555. The van der Waals surface area contributed by atoms with Gasteiger partial charge in [0.05, 0.1) is 10.9 Å². The van der Waals surface area contributed by atoms with Gasteiger partial charge in [-0.05, 0) is 37.6 Å². The highest BCUT2D eigenvalue weighted by Crippen LogP contribution is 2.30. The predicted molar refractivity (Wildman–Crippen MR) is 133 cm³/mol. The van der Waals surface area contributed by atoms with Gasteiger partial charge in [0.15, 0.2) is 0 Å². The Bertz CT molecular complexity index is 1090. The molecule has 0 saturated carbocycles. The zero-order valence-electron chi connectivity index (χ0n) is 18.6. The maximum Gasteiger partial charge on any atom is 0.232 e. The molecule has 1 aliphatic heterocycles. The Kier molecular flexibility index (Phi) is 6.53. The van der Waals surface area contributed by atoms with Crippen molar-refractivity contribution in [1.82, 2.24) is 9.88 Å². The van der Waals surface area contributed by atoms with Gasteiger partial charge in [-0.3, -0.25) is 4.79 Å². The maximum absolute atomic E-state index is 13.3. The molecular weight excluding hydrogens is 422 g/mol. The van der Waals surface area contributed by atoms with E-state index in [0.717, 1.165) is 41.1 Å². The van der Waals surface area contributed by atoms with Crippen molar-refractivity contribution in [1.29, 1.82) is 0 Å². The Morgan fingerprint density at radius 1 is 1.09 bits per heavy atom. The van der Waals surface area contributed by atoms with E-state index in [0.29, 0.717) is 31.2 Å². The average molecular weight is 452 g/mol. The van der Waals surface area contributed by atoms with Gasteiger partial charge in [-0.15, -0.1) is 0 Å². The number of nitrogens with one attached hydrogen (secondary N) is 1. The highest BCUT2D eigenvalue weighted by Gasteiger charge is 2.35. The summed E-state index contributed by atoms with van der Waals surface area (Å²) in [5.41, 5.74) is 8.02. The average Bonchev–Trinajstić information content (AvgIpc) is 2.82. The van der Waals surface area contributed by atoms with Crippen molar-refractivity contribution in [2.75, 3.05) is 49.5 Å². The fraction of sp³-hybridized carbons (Fsp3) is 0.360. The van der Waals surface area contributed by atoms with Crippen LogP contribution >= 0.6 is 11.6 Å². The summed E-state index contributed by atoms with van der Waals surface area (Å²) in [4.78, 5) is 22.4. The number of nitrogens with two attached hydrogens (primary N) is 1. The van der Waals surface area contributed by atoms with Gasteiger partial charge in [0.2, 0.25) is 5.91 Å². The predicted octanol–water partition coefficient (Wildman–Crippen LogP) is 3.89. The normalized spacial score (nSPS) is 14.6. The summed E-state index contributed by atoms with van der Waals surface area (Å²) in [6.45, 7) is 8.01. The van der Waals surface area contributed by atoms with E-state index in [-0.39, 0.29) is 5.91 Å². The molecule has 2 heterocycles. The second kappa shape index (κ2) is 9.35. The van der Waals surface area contributed by atoms with Gasteiger partial charge in [-0.2, -0.15) is 0 Å². The first-order chi connectivity index (χ1) is 15.4. The first-order valence-electron chi connectivity index (χ1n) is 11.0. The molecule has 1 amide bonds. The topological polar surface area (TPSA) is 74.5 Å². The number of rotatable bonds is 6. The molecule has 4 rings (SSSR count). The number of piperazine rings is 1. The summed E-state index contributed by atoms with van der Waals surface area (Å²) >= 11 is 6.22. The summed E-state index contributed by atoms with van der Waals surface area (Å²) in [6, 6.07) is 17.8. The van der Waals surface area contributed by atoms with Crippen LogP contribution in [0.2, 0.25) is 5.02 Å². The molecule has 3 N–H and O–H groups in total. The van der Waals surface area contributed by atoms with Crippen LogP contribution in [0.4, 0.5) is 11.5 Å². The van der Waals surface area contributed by atoms with Crippen molar-refractivity contribution >= 4 is 39.9 Å². The molecule has 0 aliphatic carbocycles. The van der Waals surface area contributed by atoms with E-state index in [9.17, 15) is 4.79 Å². The van der Waals surface area contributed by atoms with E-state index in [4.69, 9.17) is 22.3 Å². The third-order valence-electron chi connectivity index (χ3n) is 6.14. The lowest BCUT2D eigenvalue weighted by atomic mass is 9.83. The molecule has 168 valence electrons. The minimum absolute atomic E-state index is 0.159. The Morgan fingerprint density at radius 2 is 1.81 bits per heavy atom. The fourth-order valence-corrected chi connectivity index (χ4v) is 4.38. The first kappa shape index (κ1) is 22.4. The number of carbonyl (C=O) groups is 1. The molecule has 1 fully saturated rings. The Morgan fingerprint density at radius 3 is 2.50 bits per heavy atom. The molecule has 0 unspecified atom stereocenters. The number of aromatic nitrogens is 1. The molecule has 0 atom stereocenters. The third-order valence-corrected chi connectivity index (χ3v) is 6.37. The zero-order valence-corrected chi connectivity index (χ0v) is 19.4. The summed E-state index contributed by atoms with van der Waals surface area (Å²) in [7, 11) is 0. The van der Waals surface area contributed by atoms with Gasteiger partial charge in [0, 0.05) is 61.4 Å². The number of carbonyl (C=O) groups excluding carboxylic acids is 1. The molecule has 6 nitrogen and oxygen atoms in total.